The number of rotatable bonds is 6. The monoisotopic (exact) mass is 287 g/mol. The fourth-order valence-corrected chi connectivity index (χ4v) is 3.03. The van der Waals surface area contributed by atoms with Crippen molar-refractivity contribution in [2.45, 2.75) is 46.6 Å². The number of hydrogen-bond acceptors (Lipinski definition) is 1. The third-order valence-electron chi connectivity index (χ3n) is 3.13. The molecule has 0 saturated carbocycles. The highest BCUT2D eigenvalue weighted by Gasteiger charge is 2.23. The predicted molar refractivity (Wildman–Crippen MR) is 81.7 cm³/mol. The van der Waals surface area contributed by atoms with Crippen LogP contribution in [0.4, 0.5) is 0 Å². The Hall–Kier alpha value is -0.240. The summed E-state index contributed by atoms with van der Waals surface area (Å²) in [5, 5.41) is 4.99. The fourth-order valence-electron chi connectivity index (χ4n) is 2.50. The summed E-state index contributed by atoms with van der Waals surface area (Å²) in [6.45, 7) is 9.89. The van der Waals surface area contributed by atoms with Crippen LogP contribution >= 0.6 is 23.2 Å². The van der Waals surface area contributed by atoms with E-state index >= 15 is 0 Å². The second kappa shape index (κ2) is 6.79. The van der Waals surface area contributed by atoms with E-state index < -0.39 is 0 Å². The van der Waals surface area contributed by atoms with Crippen LogP contribution in [0.2, 0.25) is 10.0 Å². The van der Waals surface area contributed by atoms with Crippen molar-refractivity contribution in [1.82, 2.24) is 5.32 Å². The van der Waals surface area contributed by atoms with Gasteiger partial charge in [0.2, 0.25) is 0 Å². The molecule has 1 aromatic rings. The molecule has 1 unspecified atom stereocenters. The van der Waals surface area contributed by atoms with Crippen LogP contribution in [-0.2, 0) is 6.42 Å². The summed E-state index contributed by atoms with van der Waals surface area (Å²) >= 11 is 12.5. The zero-order valence-corrected chi connectivity index (χ0v) is 13.2. The van der Waals surface area contributed by atoms with Gasteiger partial charge in [-0.05, 0) is 49.4 Å². The Balaban J connectivity index is 2.76. The van der Waals surface area contributed by atoms with Crippen LogP contribution in [-0.4, -0.2) is 12.6 Å². The van der Waals surface area contributed by atoms with Gasteiger partial charge in [0, 0.05) is 16.1 Å². The Morgan fingerprint density at radius 1 is 1.22 bits per heavy atom. The zero-order chi connectivity index (χ0) is 13.8. The summed E-state index contributed by atoms with van der Waals surface area (Å²) in [6, 6.07) is 6.22. The van der Waals surface area contributed by atoms with Crippen LogP contribution in [0, 0.1) is 5.41 Å². The van der Waals surface area contributed by atoms with Crippen molar-refractivity contribution >= 4 is 23.2 Å². The lowest BCUT2D eigenvalue weighted by molar-refractivity contribution is 0.289. The van der Waals surface area contributed by atoms with Crippen LogP contribution < -0.4 is 5.32 Å². The summed E-state index contributed by atoms with van der Waals surface area (Å²) in [7, 11) is 0. The predicted octanol–water partition coefficient (Wildman–Crippen LogP) is 4.95. The minimum absolute atomic E-state index is 0.177. The van der Waals surface area contributed by atoms with Gasteiger partial charge in [-0.3, -0.25) is 0 Å². The van der Waals surface area contributed by atoms with Gasteiger partial charge < -0.3 is 5.32 Å². The van der Waals surface area contributed by atoms with Crippen molar-refractivity contribution < 1.29 is 0 Å². The summed E-state index contributed by atoms with van der Waals surface area (Å²) < 4.78 is 0. The normalized spacial score (nSPS) is 13.7. The number of nitrogens with one attached hydrogen (secondary N) is 1. The Bertz CT molecular complexity index is 368. The summed E-state index contributed by atoms with van der Waals surface area (Å²) in [4.78, 5) is 0. The van der Waals surface area contributed by atoms with Crippen molar-refractivity contribution in [3.05, 3.63) is 33.8 Å². The van der Waals surface area contributed by atoms with Crippen molar-refractivity contribution in [2.75, 3.05) is 6.54 Å². The smallest absolute Gasteiger partial charge is 0.0453 e. The number of halogens is 2. The standard InChI is InChI=1S/C15H23Cl2N/c1-5-18-11(2)9-15(3,4)10-12-13(16)7-6-8-14(12)17/h6-8,11,18H,5,9-10H2,1-4H3. The second-order valence-electron chi connectivity index (χ2n) is 5.70. The van der Waals surface area contributed by atoms with E-state index in [1.54, 1.807) is 0 Å². The Kier molecular flexibility index (Phi) is 5.97. The average molecular weight is 288 g/mol. The summed E-state index contributed by atoms with van der Waals surface area (Å²) in [5.41, 5.74) is 1.24. The molecule has 0 aromatic heterocycles. The third kappa shape index (κ3) is 4.79. The van der Waals surface area contributed by atoms with Crippen molar-refractivity contribution in [1.29, 1.82) is 0 Å². The highest BCUT2D eigenvalue weighted by atomic mass is 35.5. The fraction of sp³-hybridized carbons (Fsp3) is 0.600. The molecule has 0 aliphatic carbocycles. The van der Waals surface area contributed by atoms with Gasteiger partial charge in [-0.1, -0.05) is 50.0 Å². The van der Waals surface area contributed by atoms with Crippen LogP contribution in [0.3, 0.4) is 0 Å². The molecule has 0 aliphatic heterocycles. The molecule has 0 aliphatic rings. The van der Waals surface area contributed by atoms with E-state index in [0.717, 1.165) is 35.0 Å². The lowest BCUT2D eigenvalue weighted by atomic mass is 9.80. The molecule has 1 N–H and O–H groups in total. The lowest BCUT2D eigenvalue weighted by Crippen LogP contribution is -2.32. The summed E-state index contributed by atoms with van der Waals surface area (Å²) in [5.74, 6) is 0. The van der Waals surface area contributed by atoms with Crippen molar-refractivity contribution in [3.63, 3.8) is 0 Å². The zero-order valence-electron chi connectivity index (χ0n) is 11.7. The molecule has 0 amide bonds. The highest BCUT2D eigenvalue weighted by Crippen LogP contribution is 2.34. The van der Waals surface area contributed by atoms with Gasteiger partial charge in [0.15, 0.2) is 0 Å². The van der Waals surface area contributed by atoms with Gasteiger partial charge in [-0.15, -0.1) is 0 Å². The molecular weight excluding hydrogens is 265 g/mol. The van der Waals surface area contributed by atoms with Gasteiger partial charge in [0.1, 0.15) is 0 Å². The van der Waals surface area contributed by atoms with Gasteiger partial charge in [-0.25, -0.2) is 0 Å². The van der Waals surface area contributed by atoms with E-state index in [1.807, 2.05) is 18.2 Å². The van der Waals surface area contributed by atoms with Crippen LogP contribution in [0.1, 0.15) is 39.7 Å². The molecule has 0 fully saturated rings. The van der Waals surface area contributed by atoms with Gasteiger partial charge in [-0.2, -0.15) is 0 Å². The molecular formula is C15H23Cl2N. The molecule has 3 heteroatoms. The number of hydrogen-bond donors (Lipinski definition) is 1. The van der Waals surface area contributed by atoms with Crippen molar-refractivity contribution in [3.8, 4) is 0 Å². The van der Waals surface area contributed by atoms with E-state index in [9.17, 15) is 0 Å². The van der Waals surface area contributed by atoms with Crippen LogP contribution in [0.25, 0.3) is 0 Å². The Morgan fingerprint density at radius 3 is 2.28 bits per heavy atom. The molecule has 0 heterocycles. The van der Waals surface area contributed by atoms with E-state index in [-0.39, 0.29) is 5.41 Å². The first-order valence-electron chi connectivity index (χ1n) is 6.52. The highest BCUT2D eigenvalue weighted by molar-refractivity contribution is 6.35. The largest absolute Gasteiger partial charge is 0.315 e. The van der Waals surface area contributed by atoms with E-state index in [1.165, 1.54) is 0 Å². The molecule has 1 atom stereocenters. The van der Waals surface area contributed by atoms with E-state index in [0.29, 0.717) is 6.04 Å². The molecule has 18 heavy (non-hydrogen) atoms. The van der Waals surface area contributed by atoms with Gasteiger partial charge in [0.05, 0.1) is 0 Å². The molecule has 0 bridgehead atoms. The second-order valence-corrected chi connectivity index (χ2v) is 6.52. The van der Waals surface area contributed by atoms with Crippen molar-refractivity contribution in [2.24, 2.45) is 5.41 Å². The quantitative estimate of drug-likeness (QED) is 0.781. The Morgan fingerprint density at radius 2 is 1.78 bits per heavy atom. The molecule has 0 radical (unpaired) electrons. The molecule has 0 saturated heterocycles. The first-order chi connectivity index (χ1) is 8.35. The minimum Gasteiger partial charge on any atom is -0.315 e. The number of benzene rings is 1. The maximum absolute atomic E-state index is 6.23. The van der Waals surface area contributed by atoms with Crippen LogP contribution in [0.15, 0.2) is 18.2 Å². The minimum atomic E-state index is 0.177. The average Bonchev–Trinajstić information content (AvgIpc) is 2.23. The maximum Gasteiger partial charge on any atom is 0.0453 e. The molecule has 1 aromatic carbocycles. The van der Waals surface area contributed by atoms with E-state index in [4.69, 9.17) is 23.2 Å². The molecule has 1 rings (SSSR count). The first-order valence-corrected chi connectivity index (χ1v) is 7.27. The molecule has 1 nitrogen and oxygen atoms in total. The lowest BCUT2D eigenvalue weighted by Gasteiger charge is -2.29. The maximum atomic E-state index is 6.23. The Labute approximate surface area is 121 Å². The summed E-state index contributed by atoms with van der Waals surface area (Å²) in [6.07, 6.45) is 2.00. The topological polar surface area (TPSA) is 12.0 Å². The first kappa shape index (κ1) is 15.8. The van der Waals surface area contributed by atoms with E-state index in [2.05, 4.69) is 33.0 Å². The van der Waals surface area contributed by atoms with Gasteiger partial charge in [0.25, 0.3) is 0 Å². The van der Waals surface area contributed by atoms with Crippen LogP contribution in [0.5, 0.6) is 0 Å². The molecule has 0 spiro atoms. The van der Waals surface area contributed by atoms with Gasteiger partial charge >= 0.3 is 0 Å². The SMILES string of the molecule is CCNC(C)CC(C)(C)Cc1c(Cl)cccc1Cl. The molecule has 102 valence electrons. The third-order valence-corrected chi connectivity index (χ3v) is 3.84.